The van der Waals surface area contributed by atoms with Crippen LogP contribution in [0.4, 0.5) is 13.6 Å². The van der Waals surface area contributed by atoms with E-state index in [9.17, 15) is 17.8 Å². The smallest absolute Gasteiger partial charge is 0.312 e. The molecule has 0 aromatic heterocycles. The second-order valence-electron chi connectivity index (χ2n) is 6.04. The average molecular weight is 364 g/mol. The third kappa shape index (κ3) is 3.87. The van der Waals surface area contributed by atoms with E-state index in [1.54, 1.807) is 12.1 Å². The van der Waals surface area contributed by atoms with Crippen molar-refractivity contribution in [2.75, 3.05) is 6.54 Å². The molecule has 0 heterocycles. The predicted octanol–water partition coefficient (Wildman–Crippen LogP) is 3.22. The lowest BCUT2D eigenvalue weighted by Crippen LogP contribution is -2.34. The summed E-state index contributed by atoms with van der Waals surface area (Å²) < 4.78 is 40.7. The molecule has 1 unspecified atom stereocenters. The lowest BCUT2D eigenvalue weighted by Gasteiger charge is -2.26. The van der Waals surface area contributed by atoms with Crippen LogP contribution in [0.2, 0.25) is 0 Å². The molecule has 0 saturated heterocycles. The molecular weight excluding hydrogens is 346 g/mol. The summed E-state index contributed by atoms with van der Waals surface area (Å²) in [6.45, 7) is 0.269. The topological polar surface area (TPSA) is 72.2 Å². The minimum atomic E-state index is -1.66. The van der Waals surface area contributed by atoms with E-state index in [-0.39, 0.29) is 12.5 Å². The Labute approximate surface area is 146 Å². The molecule has 0 fully saturated rings. The summed E-state index contributed by atoms with van der Waals surface area (Å²) in [5, 5.41) is 2.52. The number of aryl methyl sites for hydroxylation is 1. The van der Waals surface area contributed by atoms with Crippen molar-refractivity contribution in [2.45, 2.75) is 35.0 Å². The Morgan fingerprint density at radius 3 is 2.76 bits per heavy atom. The van der Waals surface area contributed by atoms with E-state index in [4.69, 9.17) is 5.73 Å². The SMILES string of the molecule is NC(=O)NC[C@@H]1CCCc2cc(S(=O)c3cccc(F)c3)cc(F)c21. The van der Waals surface area contributed by atoms with Gasteiger partial charge in [0, 0.05) is 22.3 Å². The van der Waals surface area contributed by atoms with Gasteiger partial charge in [0.1, 0.15) is 11.6 Å². The maximum Gasteiger partial charge on any atom is 0.312 e. The molecule has 2 atom stereocenters. The summed E-state index contributed by atoms with van der Waals surface area (Å²) in [7, 11) is -1.66. The highest BCUT2D eigenvalue weighted by molar-refractivity contribution is 7.85. The van der Waals surface area contributed by atoms with Gasteiger partial charge in [-0.3, -0.25) is 0 Å². The second-order valence-corrected chi connectivity index (χ2v) is 7.52. The largest absolute Gasteiger partial charge is 0.352 e. The van der Waals surface area contributed by atoms with Gasteiger partial charge in [0.05, 0.1) is 10.8 Å². The monoisotopic (exact) mass is 364 g/mol. The van der Waals surface area contributed by atoms with Crippen LogP contribution in [0.1, 0.15) is 29.9 Å². The molecule has 1 aliphatic carbocycles. The number of rotatable bonds is 4. The van der Waals surface area contributed by atoms with Crippen LogP contribution >= 0.6 is 0 Å². The quantitative estimate of drug-likeness (QED) is 0.874. The molecule has 132 valence electrons. The summed E-state index contributed by atoms with van der Waals surface area (Å²) in [4.78, 5) is 11.5. The van der Waals surface area contributed by atoms with Gasteiger partial charge in [0.25, 0.3) is 0 Å². The first-order valence-corrected chi connectivity index (χ1v) is 9.13. The summed E-state index contributed by atoms with van der Waals surface area (Å²) in [5.74, 6) is -1.09. The molecule has 4 nitrogen and oxygen atoms in total. The van der Waals surface area contributed by atoms with E-state index in [1.807, 2.05) is 0 Å². The first-order chi connectivity index (χ1) is 12.0. The van der Waals surface area contributed by atoms with Gasteiger partial charge in [0.2, 0.25) is 0 Å². The van der Waals surface area contributed by atoms with Crippen LogP contribution in [0.15, 0.2) is 46.2 Å². The Morgan fingerprint density at radius 1 is 1.24 bits per heavy atom. The number of hydrogen-bond acceptors (Lipinski definition) is 2. The molecule has 0 radical (unpaired) electrons. The maximum absolute atomic E-state index is 14.7. The van der Waals surface area contributed by atoms with Gasteiger partial charge in [-0.15, -0.1) is 0 Å². The zero-order valence-corrected chi connectivity index (χ0v) is 14.2. The third-order valence-corrected chi connectivity index (χ3v) is 5.69. The number of carbonyl (C=O) groups is 1. The molecule has 2 aromatic carbocycles. The fourth-order valence-corrected chi connectivity index (χ4v) is 4.40. The number of benzene rings is 2. The van der Waals surface area contributed by atoms with Crippen molar-refractivity contribution < 1.29 is 17.8 Å². The number of primary amides is 1. The standard InChI is InChI=1S/C18H18F2N2O2S/c19-13-5-2-6-14(8-13)25(24)15-7-11-3-1-4-12(10-22-18(21)23)17(11)16(20)9-15/h2,5-9,12H,1,3-4,10H2,(H3,21,22,23)/t12-,25?/m0/s1. The molecule has 25 heavy (non-hydrogen) atoms. The van der Waals surface area contributed by atoms with Crippen LogP contribution in [0.3, 0.4) is 0 Å². The normalized spacial score (nSPS) is 17.6. The van der Waals surface area contributed by atoms with Crippen molar-refractivity contribution >= 4 is 16.8 Å². The Balaban J connectivity index is 1.93. The van der Waals surface area contributed by atoms with Gasteiger partial charge >= 0.3 is 6.03 Å². The summed E-state index contributed by atoms with van der Waals surface area (Å²) in [5.41, 5.74) is 6.41. The van der Waals surface area contributed by atoms with Crippen molar-refractivity contribution in [3.8, 4) is 0 Å². The molecule has 3 rings (SSSR count). The Morgan fingerprint density at radius 2 is 2.04 bits per heavy atom. The van der Waals surface area contributed by atoms with E-state index in [0.717, 1.165) is 18.4 Å². The molecule has 7 heteroatoms. The highest BCUT2D eigenvalue weighted by Crippen LogP contribution is 2.35. The van der Waals surface area contributed by atoms with Crippen molar-refractivity contribution in [2.24, 2.45) is 5.73 Å². The lowest BCUT2D eigenvalue weighted by molar-refractivity contribution is 0.247. The van der Waals surface area contributed by atoms with Crippen LogP contribution in [0.25, 0.3) is 0 Å². The van der Waals surface area contributed by atoms with Crippen molar-refractivity contribution in [3.05, 3.63) is 59.2 Å². The van der Waals surface area contributed by atoms with Crippen LogP contribution in [0, 0.1) is 11.6 Å². The molecule has 2 aromatic rings. The number of amides is 2. The zero-order valence-electron chi connectivity index (χ0n) is 13.4. The number of hydrogen-bond donors (Lipinski definition) is 2. The van der Waals surface area contributed by atoms with E-state index in [0.29, 0.717) is 21.8 Å². The minimum Gasteiger partial charge on any atom is -0.352 e. The number of halogens is 2. The Kier molecular flexibility index (Phi) is 5.13. The minimum absolute atomic E-state index is 0.159. The van der Waals surface area contributed by atoms with Crippen molar-refractivity contribution in [1.29, 1.82) is 0 Å². The van der Waals surface area contributed by atoms with E-state index >= 15 is 0 Å². The zero-order chi connectivity index (χ0) is 18.0. The van der Waals surface area contributed by atoms with Gasteiger partial charge in [-0.25, -0.2) is 17.8 Å². The fraction of sp³-hybridized carbons (Fsp3) is 0.278. The number of nitrogens with one attached hydrogen (secondary N) is 1. The third-order valence-electron chi connectivity index (χ3n) is 4.34. The van der Waals surface area contributed by atoms with Gasteiger partial charge in [0.15, 0.2) is 0 Å². The van der Waals surface area contributed by atoms with Crippen molar-refractivity contribution in [1.82, 2.24) is 5.32 Å². The number of fused-ring (bicyclic) bond motifs is 1. The number of urea groups is 1. The van der Waals surface area contributed by atoms with Crippen LogP contribution in [-0.4, -0.2) is 16.8 Å². The predicted molar refractivity (Wildman–Crippen MR) is 90.7 cm³/mol. The Bertz CT molecular complexity index is 842. The van der Waals surface area contributed by atoms with Crippen LogP contribution in [0.5, 0.6) is 0 Å². The molecule has 3 N–H and O–H groups in total. The molecular formula is C18H18F2N2O2S. The average Bonchev–Trinajstić information content (AvgIpc) is 2.58. The molecule has 0 spiro atoms. The summed E-state index contributed by atoms with van der Waals surface area (Å²) in [6, 6.07) is 7.80. The molecule has 0 aliphatic heterocycles. The van der Waals surface area contributed by atoms with Crippen LogP contribution in [-0.2, 0) is 17.2 Å². The van der Waals surface area contributed by atoms with Gasteiger partial charge in [-0.2, -0.15) is 0 Å². The van der Waals surface area contributed by atoms with Crippen LogP contribution < -0.4 is 11.1 Å². The molecule has 0 saturated carbocycles. The first-order valence-electron chi connectivity index (χ1n) is 7.98. The van der Waals surface area contributed by atoms with Crippen molar-refractivity contribution in [3.63, 3.8) is 0 Å². The number of carbonyl (C=O) groups excluding carboxylic acids is 1. The maximum atomic E-state index is 14.7. The van der Waals surface area contributed by atoms with Gasteiger partial charge in [-0.05, 0) is 60.7 Å². The highest BCUT2D eigenvalue weighted by atomic mass is 32.2. The highest BCUT2D eigenvalue weighted by Gasteiger charge is 2.26. The first kappa shape index (κ1) is 17.5. The second kappa shape index (κ2) is 7.31. The molecule has 0 bridgehead atoms. The van der Waals surface area contributed by atoms with Gasteiger partial charge in [-0.1, -0.05) is 6.07 Å². The Hall–Kier alpha value is -2.28. The lowest BCUT2D eigenvalue weighted by atomic mass is 9.82. The van der Waals surface area contributed by atoms with Gasteiger partial charge < -0.3 is 11.1 Å². The molecule has 2 amide bonds. The van der Waals surface area contributed by atoms with E-state index < -0.39 is 28.5 Å². The fourth-order valence-electron chi connectivity index (χ4n) is 3.25. The summed E-state index contributed by atoms with van der Waals surface area (Å²) >= 11 is 0. The molecule has 1 aliphatic rings. The van der Waals surface area contributed by atoms with E-state index in [2.05, 4.69) is 5.32 Å². The summed E-state index contributed by atoms with van der Waals surface area (Å²) in [6.07, 6.45) is 2.26. The number of nitrogens with two attached hydrogens (primary N) is 1. The van der Waals surface area contributed by atoms with E-state index in [1.165, 1.54) is 24.3 Å².